The standard InChI is InChI=1S/C13H21N3O2/c1-15-11(10-4-3-7-16-12(10)14)13(17-2)5-8-18-9-6-13/h3-4,7,11,15H,5-6,8-9H2,1-2H3,(H2,14,16). The van der Waals surface area contributed by atoms with Crippen LogP contribution in [0.15, 0.2) is 18.3 Å². The van der Waals surface area contributed by atoms with Gasteiger partial charge in [0.2, 0.25) is 0 Å². The molecule has 3 N–H and O–H groups in total. The molecule has 5 heteroatoms. The van der Waals surface area contributed by atoms with Crippen LogP contribution in [0, 0.1) is 0 Å². The van der Waals surface area contributed by atoms with Gasteiger partial charge < -0.3 is 20.5 Å². The molecule has 0 radical (unpaired) electrons. The minimum Gasteiger partial charge on any atom is -0.383 e. The second-order valence-corrected chi connectivity index (χ2v) is 4.58. The van der Waals surface area contributed by atoms with Crippen molar-refractivity contribution in [1.82, 2.24) is 10.3 Å². The van der Waals surface area contributed by atoms with Gasteiger partial charge in [0, 0.05) is 44.9 Å². The second kappa shape index (κ2) is 5.65. The lowest BCUT2D eigenvalue weighted by atomic mass is 9.82. The first-order valence-corrected chi connectivity index (χ1v) is 6.24. The molecule has 1 saturated heterocycles. The number of nitrogens with two attached hydrogens (primary N) is 1. The molecule has 1 aliphatic heterocycles. The molecule has 1 aromatic heterocycles. The van der Waals surface area contributed by atoms with Gasteiger partial charge in [-0.2, -0.15) is 0 Å². The van der Waals surface area contributed by atoms with E-state index in [1.165, 1.54) is 0 Å². The Labute approximate surface area is 108 Å². The minimum absolute atomic E-state index is 0.0279. The maximum Gasteiger partial charge on any atom is 0.128 e. The first-order valence-electron chi connectivity index (χ1n) is 6.24. The van der Waals surface area contributed by atoms with Gasteiger partial charge in [0.05, 0.1) is 11.6 Å². The molecule has 100 valence electrons. The molecule has 0 amide bonds. The largest absolute Gasteiger partial charge is 0.383 e. The Kier molecular flexibility index (Phi) is 4.16. The summed E-state index contributed by atoms with van der Waals surface area (Å²) in [4.78, 5) is 4.16. The normalized spacial score (nSPS) is 20.6. The SMILES string of the molecule is CNC(c1cccnc1N)C1(OC)CCOCC1. The van der Waals surface area contributed by atoms with E-state index in [-0.39, 0.29) is 11.6 Å². The summed E-state index contributed by atoms with van der Waals surface area (Å²) in [7, 11) is 3.68. The zero-order valence-corrected chi connectivity index (χ0v) is 11.0. The van der Waals surface area contributed by atoms with Crippen molar-refractivity contribution >= 4 is 5.82 Å². The van der Waals surface area contributed by atoms with Crippen LogP contribution in [0.25, 0.3) is 0 Å². The molecular formula is C13H21N3O2. The average molecular weight is 251 g/mol. The molecule has 0 aromatic carbocycles. The number of likely N-dealkylation sites (N-methyl/N-ethyl adjacent to an activating group) is 1. The molecule has 0 spiro atoms. The number of nitrogens with one attached hydrogen (secondary N) is 1. The van der Waals surface area contributed by atoms with Gasteiger partial charge in [0.1, 0.15) is 5.82 Å². The van der Waals surface area contributed by atoms with E-state index in [0.29, 0.717) is 19.0 Å². The van der Waals surface area contributed by atoms with Gasteiger partial charge in [-0.1, -0.05) is 6.07 Å². The summed E-state index contributed by atoms with van der Waals surface area (Å²) in [6.45, 7) is 1.43. The lowest BCUT2D eigenvalue weighted by Crippen LogP contribution is -2.48. The number of rotatable bonds is 4. The molecule has 2 rings (SSSR count). The molecule has 1 atom stereocenters. The van der Waals surface area contributed by atoms with Crippen LogP contribution in [0.5, 0.6) is 0 Å². The summed E-state index contributed by atoms with van der Waals surface area (Å²) in [5, 5.41) is 3.32. The Balaban J connectivity index is 2.34. The number of anilines is 1. The molecule has 2 heterocycles. The minimum atomic E-state index is -0.274. The topological polar surface area (TPSA) is 69.4 Å². The monoisotopic (exact) mass is 251 g/mol. The highest BCUT2D eigenvalue weighted by Gasteiger charge is 2.41. The Morgan fingerprint density at radius 3 is 2.78 bits per heavy atom. The number of methoxy groups -OCH3 is 1. The van der Waals surface area contributed by atoms with Gasteiger partial charge in [0.15, 0.2) is 0 Å². The number of hydrogen-bond acceptors (Lipinski definition) is 5. The summed E-state index contributed by atoms with van der Waals surface area (Å²) in [5.41, 5.74) is 6.70. The van der Waals surface area contributed by atoms with Crippen LogP contribution in [0.2, 0.25) is 0 Å². The second-order valence-electron chi connectivity index (χ2n) is 4.58. The van der Waals surface area contributed by atoms with E-state index in [0.717, 1.165) is 18.4 Å². The van der Waals surface area contributed by atoms with E-state index in [4.69, 9.17) is 15.2 Å². The Morgan fingerprint density at radius 2 is 2.22 bits per heavy atom. The van der Waals surface area contributed by atoms with E-state index in [9.17, 15) is 0 Å². The van der Waals surface area contributed by atoms with Crippen molar-refractivity contribution in [3.05, 3.63) is 23.9 Å². The Bertz CT molecular complexity index is 392. The van der Waals surface area contributed by atoms with Crippen LogP contribution in [-0.2, 0) is 9.47 Å². The van der Waals surface area contributed by atoms with Crippen molar-refractivity contribution in [1.29, 1.82) is 0 Å². The zero-order valence-electron chi connectivity index (χ0n) is 11.0. The summed E-state index contributed by atoms with van der Waals surface area (Å²) in [5.74, 6) is 0.555. The van der Waals surface area contributed by atoms with E-state index >= 15 is 0 Å². The van der Waals surface area contributed by atoms with Crippen molar-refractivity contribution in [2.24, 2.45) is 0 Å². The number of pyridine rings is 1. The van der Waals surface area contributed by atoms with Gasteiger partial charge >= 0.3 is 0 Å². The van der Waals surface area contributed by atoms with E-state index in [2.05, 4.69) is 10.3 Å². The third-order valence-corrected chi connectivity index (χ3v) is 3.74. The Morgan fingerprint density at radius 1 is 1.50 bits per heavy atom. The molecule has 0 aliphatic carbocycles. The fourth-order valence-electron chi connectivity index (χ4n) is 2.70. The van der Waals surface area contributed by atoms with Crippen molar-refractivity contribution in [2.75, 3.05) is 33.1 Å². The molecule has 18 heavy (non-hydrogen) atoms. The highest BCUT2D eigenvalue weighted by molar-refractivity contribution is 5.42. The molecule has 5 nitrogen and oxygen atoms in total. The van der Waals surface area contributed by atoms with Crippen LogP contribution in [0.1, 0.15) is 24.4 Å². The molecule has 1 aliphatic rings. The quantitative estimate of drug-likeness (QED) is 0.839. The van der Waals surface area contributed by atoms with Crippen molar-refractivity contribution < 1.29 is 9.47 Å². The summed E-state index contributed by atoms with van der Waals surface area (Å²) < 4.78 is 11.2. The summed E-state index contributed by atoms with van der Waals surface area (Å²) in [6.07, 6.45) is 3.40. The first kappa shape index (κ1) is 13.3. The van der Waals surface area contributed by atoms with Crippen molar-refractivity contribution in [3.8, 4) is 0 Å². The zero-order chi connectivity index (χ0) is 13.0. The number of hydrogen-bond donors (Lipinski definition) is 2. The maximum absolute atomic E-state index is 5.98. The molecular weight excluding hydrogens is 230 g/mol. The predicted molar refractivity (Wildman–Crippen MR) is 70.2 cm³/mol. The molecule has 0 saturated carbocycles. The third-order valence-electron chi connectivity index (χ3n) is 3.74. The van der Waals surface area contributed by atoms with E-state index < -0.39 is 0 Å². The lowest BCUT2D eigenvalue weighted by Gasteiger charge is -2.42. The van der Waals surface area contributed by atoms with Gasteiger partial charge in [-0.05, 0) is 13.1 Å². The van der Waals surface area contributed by atoms with Crippen LogP contribution in [0.3, 0.4) is 0 Å². The van der Waals surface area contributed by atoms with Crippen molar-refractivity contribution in [2.45, 2.75) is 24.5 Å². The molecule has 1 fully saturated rings. The van der Waals surface area contributed by atoms with Crippen LogP contribution in [-0.4, -0.2) is 38.0 Å². The summed E-state index contributed by atoms with van der Waals surface area (Å²) >= 11 is 0. The number of ether oxygens (including phenoxy) is 2. The van der Waals surface area contributed by atoms with Gasteiger partial charge in [-0.3, -0.25) is 0 Å². The summed E-state index contributed by atoms with van der Waals surface area (Å²) in [6, 6.07) is 3.93. The van der Waals surface area contributed by atoms with Gasteiger partial charge in [0.25, 0.3) is 0 Å². The highest BCUT2D eigenvalue weighted by Crippen LogP contribution is 2.38. The predicted octanol–water partition coefficient (Wildman–Crippen LogP) is 1.12. The van der Waals surface area contributed by atoms with Crippen LogP contribution < -0.4 is 11.1 Å². The van der Waals surface area contributed by atoms with Crippen molar-refractivity contribution in [3.63, 3.8) is 0 Å². The van der Waals surface area contributed by atoms with E-state index in [1.807, 2.05) is 19.2 Å². The smallest absolute Gasteiger partial charge is 0.128 e. The fourth-order valence-corrected chi connectivity index (χ4v) is 2.70. The van der Waals surface area contributed by atoms with E-state index in [1.54, 1.807) is 13.3 Å². The van der Waals surface area contributed by atoms with Crippen LogP contribution >= 0.6 is 0 Å². The van der Waals surface area contributed by atoms with Gasteiger partial charge in [-0.25, -0.2) is 4.98 Å². The Hall–Kier alpha value is -1.17. The molecule has 1 unspecified atom stereocenters. The average Bonchev–Trinajstić information content (AvgIpc) is 2.43. The first-order chi connectivity index (χ1) is 8.73. The lowest BCUT2D eigenvalue weighted by molar-refractivity contribution is -0.110. The van der Waals surface area contributed by atoms with Crippen LogP contribution in [0.4, 0.5) is 5.82 Å². The highest BCUT2D eigenvalue weighted by atomic mass is 16.5. The number of nitrogen functional groups attached to an aromatic ring is 1. The number of nitrogens with zero attached hydrogens (tertiary/aromatic N) is 1. The molecule has 0 bridgehead atoms. The molecule has 1 aromatic rings. The van der Waals surface area contributed by atoms with Gasteiger partial charge in [-0.15, -0.1) is 0 Å². The third kappa shape index (κ3) is 2.34. The number of aromatic nitrogens is 1. The fraction of sp³-hybridized carbons (Fsp3) is 0.615. The maximum atomic E-state index is 5.98.